The van der Waals surface area contributed by atoms with Crippen molar-refractivity contribution in [1.82, 2.24) is 0 Å². The summed E-state index contributed by atoms with van der Waals surface area (Å²) in [6.45, 7) is 0. The van der Waals surface area contributed by atoms with Crippen molar-refractivity contribution in [3.63, 3.8) is 0 Å². The number of hydrogen-bond donors (Lipinski definition) is 1. The topological polar surface area (TPSA) is 20.2 Å². The average Bonchev–Trinajstić information content (AvgIpc) is 2.44. The van der Waals surface area contributed by atoms with Crippen molar-refractivity contribution in [3.8, 4) is 0 Å². The van der Waals surface area contributed by atoms with E-state index >= 15 is 0 Å². The van der Waals surface area contributed by atoms with Gasteiger partial charge in [0.2, 0.25) is 0 Å². The van der Waals surface area contributed by atoms with Gasteiger partial charge in [0.25, 0.3) is 0 Å². The predicted octanol–water partition coefficient (Wildman–Crippen LogP) is 4.61. The Morgan fingerprint density at radius 3 is 2.43 bits per heavy atom. The van der Waals surface area contributed by atoms with Gasteiger partial charge in [0, 0.05) is 11.8 Å². The van der Waals surface area contributed by atoms with Crippen molar-refractivity contribution in [2.45, 2.75) is 37.2 Å². The number of halogens is 2. The van der Waals surface area contributed by atoms with Crippen LogP contribution >= 0.6 is 15.9 Å². The van der Waals surface area contributed by atoms with E-state index in [2.05, 4.69) is 28.1 Å². The normalized spacial score (nSPS) is 18.0. The molecule has 1 atom stereocenters. The van der Waals surface area contributed by atoms with Gasteiger partial charge in [-0.15, -0.1) is 0 Å². The van der Waals surface area contributed by atoms with E-state index in [0.717, 1.165) is 24.8 Å². The van der Waals surface area contributed by atoms with Gasteiger partial charge < -0.3 is 5.11 Å². The second kappa shape index (κ2) is 5.90. The van der Waals surface area contributed by atoms with Crippen molar-refractivity contribution >= 4 is 15.9 Å². The van der Waals surface area contributed by atoms with Gasteiger partial charge in [-0.3, -0.25) is 0 Å². The molecule has 2 aromatic rings. The molecule has 3 rings (SSSR count). The molecule has 21 heavy (non-hydrogen) atoms. The molecular weight excluding hydrogens is 331 g/mol. The molecule has 0 aromatic heterocycles. The Bertz CT molecular complexity index is 622. The summed E-state index contributed by atoms with van der Waals surface area (Å²) in [7, 11) is 0. The number of rotatable bonds is 4. The first kappa shape index (κ1) is 14.7. The zero-order valence-corrected chi connectivity index (χ0v) is 13.3. The molecule has 1 aliphatic carbocycles. The minimum absolute atomic E-state index is 0.174. The van der Waals surface area contributed by atoms with Gasteiger partial charge in [0.05, 0.1) is 10.6 Å². The summed E-state index contributed by atoms with van der Waals surface area (Å²) in [6, 6.07) is 15.2. The summed E-state index contributed by atoms with van der Waals surface area (Å²) in [4.78, 5) is 0. The summed E-state index contributed by atoms with van der Waals surface area (Å²) >= 11 is 3.29. The van der Waals surface area contributed by atoms with E-state index in [1.165, 1.54) is 11.6 Å². The fourth-order valence-corrected chi connectivity index (χ4v) is 3.68. The first-order chi connectivity index (χ1) is 10.1. The smallest absolute Gasteiger partial charge is 0.137 e. The number of aliphatic hydroxyl groups excluding tert-OH is 1. The lowest BCUT2D eigenvalue weighted by atomic mass is 9.60. The predicted molar refractivity (Wildman–Crippen MR) is 85.8 cm³/mol. The van der Waals surface area contributed by atoms with Gasteiger partial charge in [0.15, 0.2) is 0 Å². The van der Waals surface area contributed by atoms with Gasteiger partial charge in [-0.2, -0.15) is 0 Å². The SMILES string of the molecule is OC(Cc1cccc(F)c1Br)C1(c2ccccc2)CCC1. The summed E-state index contributed by atoms with van der Waals surface area (Å²) < 4.78 is 14.1. The van der Waals surface area contributed by atoms with Crippen LogP contribution in [0.4, 0.5) is 4.39 Å². The van der Waals surface area contributed by atoms with Crippen molar-refractivity contribution in [2.75, 3.05) is 0 Å². The van der Waals surface area contributed by atoms with Crippen LogP contribution in [0.5, 0.6) is 0 Å². The second-order valence-corrected chi connectivity index (χ2v) is 6.60. The maximum Gasteiger partial charge on any atom is 0.137 e. The molecule has 0 amide bonds. The van der Waals surface area contributed by atoms with E-state index < -0.39 is 6.10 Å². The molecule has 2 aromatic carbocycles. The highest BCUT2D eigenvalue weighted by Gasteiger charge is 2.44. The maximum atomic E-state index is 13.6. The van der Waals surface area contributed by atoms with E-state index in [4.69, 9.17) is 0 Å². The molecule has 0 heterocycles. The van der Waals surface area contributed by atoms with Crippen LogP contribution in [0.25, 0.3) is 0 Å². The molecule has 0 bridgehead atoms. The lowest BCUT2D eigenvalue weighted by Gasteiger charge is -2.46. The minimum Gasteiger partial charge on any atom is -0.392 e. The fraction of sp³-hybridized carbons (Fsp3) is 0.333. The molecule has 0 radical (unpaired) electrons. The highest BCUT2D eigenvalue weighted by Crippen LogP contribution is 2.47. The molecule has 1 saturated carbocycles. The number of hydrogen-bond acceptors (Lipinski definition) is 1. The number of aliphatic hydroxyl groups is 1. The summed E-state index contributed by atoms with van der Waals surface area (Å²) in [5.41, 5.74) is 1.84. The van der Waals surface area contributed by atoms with Crippen LogP contribution in [0.2, 0.25) is 0 Å². The molecule has 1 unspecified atom stereocenters. The van der Waals surface area contributed by atoms with Crippen molar-refractivity contribution in [2.24, 2.45) is 0 Å². The van der Waals surface area contributed by atoms with E-state index in [9.17, 15) is 9.50 Å². The van der Waals surface area contributed by atoms with Gasteiger partial charge in [-0.25, -0.2) is 4.39 Å². The third kappa shape index (κ3) is 2.65. The van der Waals surface area contributed by atoms with E-state index in [-0.39, 0.29) is 11.2 Å². The third-order valence-electron chi connectivity index (χ3n) is 4.68. The Hall–Kier alpha value is -1.19. The van der Waals surface area contributed by atoms with Crippen LogP contribution in [-0.2, 0) is 11.8 Å². The molecule has 3 heteroatoms. The Balaban J connectivity index is 1.87. The summed E-state index contributed by atoms with van der Waals surface area (Å²) in [5, 5.41) is 10.8. The lowest BCUT2D eigenvalue weighted by molar-refractivity contribution is 0.0284. The van der Waals surface area contributed by atoms with Gasteiger partial charge >= 0.3 is 0 Å². The maximum absolute atomic E-state index is 13.6. The number of benzene rings is 2. The van der Waals surface area contributed by atoms with Crippen molar-refractivity contribution in [1.29, 1.82) is 0 Å². The first-order valence-corrected chi connectivity index (χ1v) is 8.09. The molecule has 1 fully saturated rings. The Morgan fingerprint density at radius 2 is 1.81 bits per heavy atom. The lowest BCUT2D eigenvalue weighted by Crippen LogP contribution is -2.46. The Kier molecular flexibility index (Phi) is 4.14. The van der Waals surface area contributed by atoms with Crippen LogP contribution in [-0.4, -0.2) is 11.2 Å². The highest BCUT2D eigenvalue weighted by atomic mass is 79.9. The molecule has 1 N–H and O–H groups in total. The molecule has 1 aliphatic rings. The first-order valence-electron chi connectivity index (χ1n) is 7.30. The molecule has 1 nitrogen and oxygen atoms in total. The quantitative estimate of drug-likeness (QED) is 0.854. The Morgan fingerprint density at radius 1 is 1.10 bits per heavy atom. The van der Waals surface area contributed by atoms with Gasteiger partial charge in [-0.05, 0) is 46.0 Å². The largest absolute Gasteiger partial charge is 0.392 e. The van der Waals surface area contributed by atoms with Gasteiger partial charge in [-0.1, -0.05) is 48.9 Å². The molecule has 0 saturated heterocycles. The highest BCUT2D eigenvalue weighted by molar-refractivity contribution is 9.10. The van der Waals surface area contributed by atoms with Crippen molar-refractivity contribution in [3.05, 3.63) is 69.9 Å². The van der Waals surface area contributed by atoms with Crippen LogP contribution in [0, 0.1) is 5.82 Å². The second-order valence-electron chi connectivity index (χ2n) is 5.81. The van der Waals surface area contributed by atoms with E-state index in [0.29, 0.717) is 10.9 Å². The molecule has 110 valence electrons. The van der Waals surface area contributed by atoms with Crippen LogP contribution < -0.4 is 0 Å². The Labute approximate surface area is 132 Å². The van der Waals surface area contributed by atoms with E-state index in [1.807, 2.05) is 24.3 Å². The van der Waals surface area contributed by atoms with Crippen molar-refractivity contribution < 1.29 is 9.50 Å². The minimum atomic E-state index is -0.494. The zero-order chi connectivity index (χ0) is 14.9. The van der Waals surface area contributed by atoms with Gasteiger partial charge in [0.1, 0.15) is 5.82 Å². The molecule has 0 spiro atoms. The third-order valence-corrected chi connectivity index (χ3v) is 5.57. The fourth-order valence-electron chi connectivity index (χ4n) is 3.25. The average molecular weight is 349 g/mol. The van der Waals surface area contributed by atoms with Crippen LogP contribution in [0.15, 0.2) is 53.0 Å². The zero-order valence-electron chi connectivity index (χ0n) is 11.7. The summed E-state index contributed by atoms with van der Waals surface area (Å²) in [5.74, 6) is -0.276. The monoisotopic (exact) mass is 348 g/mol. The molecule has 0 aliphatic heterocycles. The van der Waals surface area contributed by atoms with Crippen LogP contribution in [0.1, 0.15) is 30.4 Å². The van der Waals surface area contributed by atoms with Crippen LogP contribution in [0.3, 0.4) is 0 Å². The standard InChI is InChI=1S/C18H18BrFO/c19-17-13(6-4-9-15(17)20)12-16(21)18(10-5-11-18)14-7-2-1-3-8-14/h1-4,6-9,16,21H,5,10-12H2. The van der Waals surface area contributed by atoms with E-state index in [1.54, 1.807) is 6.07 Å². The molecular formula is C18H18BrFO. The summed E-state index contributed by atoms with van der Waals surface area (Å²) in [6.07, 6.45) is 3.09.